The van der Waals surface area contributed by atoms with E-state index >= 15 is 0 Å². The highest BCUT2D eigenvalue weighted by Crippen LogP contribution is 2.24. The molecule has 1 fully saturated rings. The van der Waals surface area contributed by atoms with Crippen molar-refractivity contribution in [3.05, 3.63) is 29.0 Å². The van der Waals surface area contributed by atoms with Crippen LogP contribution in [0.2, 0.25) is 5.02 Å². The quantitative estimate of drug-likeness (QED) is 0.913. The van der Waals surface area contributed by atoms with Crippen LogP contribution in [0.25, 0.3) is 0 Å². The van der Waals surface area contributed by atoms with Crippen molar-refractivity contribution in [2.45, 2.75) is 12.8 Å². The van der Waals surface area contributed by atoms with Gasteiger partial charge in [-0.05, 0) is 25.0 Å². The van der Waals surface area contributed by atoms with Gasteiger partial charge in [-0.15, -0.1) is 0 Å². The Morgan fingerprint density at radius 3 is 2.95 bits per heavy atom. The van der Waals surface area contributed by atoms with Crippen LogP contribution in [0.15, 0.2) is 18.2 Å². The average molecular weight is 315 g/mol. The lowest BCUT2D eigenvalue weighted by molar-refractivity contribution is -0.121. The van der Waals surface area contributed by atoms with E-state index in [1.165, 1.54) is 24.1 Å². The maximum Gasteiger partial charge on any atom is 0.409 e. The van der Waals surface area contributed by atoms with Gasteiger partial charge in [0.1, 0.15) is 0 Å². The summed E-state index contributed by atoms with van der Waals surface area (Å²) in [6.07, 6.45) is 0.883. The van der Waals surface area contributed by atoms with Crippen LogP contribution in [0, 0.1) is 11.7 Å². The van der Waals surface area contributed by atoms with Gasteiger partial charge in [0.25, 0.3) is 0 Å². The fraction of sp³-hybridized carbons (Fsp3) is 0.429. The summed E-state index contributed by atoms with van der Waals surface area (Å²) in [4.78, 5) is 25.1. The van der Waals surface area contributed by atoms with Crippen LogP contribution in [0.4, 0.5) is 14.9 Å². The molecule has 0 bridgehead atoms. The lowest BCUT2D eigenvalue weighted by Crippen LogP contribution is -2.43. The fourth-order valence-corrected chi connectivity index (χ4v) is 2.50. The molecule has 1 N–H and O–H groups in total. The molecule has 0 aromatic heterocycles. The van der Waals surface area contributed by atoms with E-state index < -0.39 is 17.8 Å². The van der Waals surface area contributed by atoms with Gasteiger partial charge in [-0.25, -0.2) is 9.18 Å². The van der Waals surface area contributed by atoms with Gasteiger partial charge < -0.3 is 15.0 Å². The molecule has 1 aliphatic heterocycles. The highest BCUT2D eigenvalue weighted by Gasteiger charge is 2.29. The zero-order valence-electron chi connectivity index (χ0n) is 11.6. The lowest BCUT2D eigenvalue weighted by Gasteiger charge is -2.30. The Kier molecular flexibility index (Phi) is 5.01. The third kappa shape index (κ3) is 3.64. The molecule has 1 aliphatic rings. The second-order valence-electron chi connectivity index (χ2n) is 4.85. The Hall–Kier alpha value is -1.82. The van der Waals surface area contributed by atoms with E-state index in [1.54, 1.807) is 6.07 Å². The summed E-state index contributed by atoms with van der Waals surface area (Å²) in [5.41, 5.74) is 0.0442. The second-order valence-corrected chi connectivity index (χ2v) is 5.25. The summed E-state index contributed by atoms with van der Waals surface area (Å²) < 4.78 is 18.4. The Labute approximate surface area is 127 Å². The first-order valence-corrected chi connectivity index (χ1v) is 6.98. The molecular formula is C14H16ClFN2O3. The van der Waals surface area contributed by atoms with Crippen molar-refractivity contribution in [1.82, 2.24) is 4.90 Å². The minimum Gasteiger partial charge on any atom is -0.453 e. The molecule has 1 unspecified atom stereocenters. The molecule has 0 radical (unpaired) electrons. The van der Waals surface area contributed by atoms with Crippen molar-refractivity contribution >= 4 is 29.3 Å². The highest BCUT2D eigenvalue weighted by molar-refractivity contribution is 6.31. The Bertz CT molecular complexity index is 553. The van der Waals surface area contributed by atoms with Gasteiger partial charge in [-0.3, -0.25) is 4.79 Å². The van der Waals surface area contributed by atoms with E-state index in [-0.39, 0.29) is 23.2 Å². The molecule has 1 aromatic rings. The van der Waals surface area contributed by atoms with Gasteiger partial charge in [0.05, 0.1) is 23.7 Å². The first-order valence-electron chi connectivity index (χ1n) is 6.60. The Balaban J connectivity index is 2.03. The number of methoxy groups -OCH3 is 1. The molecule has 0 saturated carbocycles. The summed E-state index contributed by atoms with van der Waals surface area (Å²) in [6.45, 7) is 0.822. The summed E-state index contributed by atoms with van der Waals surface area (Å²) in [5, 5.41) is 2.47. The first-order chi connectivity index (χ1) is 10.0. The molecule has 0 spiro atoms. The van der Waals surface area contributed by atoms with Crippen LogP contribution in [0.1, 0.15) is 12.8 Å². The third-order valence-corrected chi connectivity index (χ3v) is 3.73. The number of hydrogen-bond acceptors (Lipinski definition) is 3. The maximum absolute atomic E-state index is 13.8. The SMILES string of the molecule is COC(=O)N1CCCC(C(=O)Nc2cccc(Cl)c2F)C1. The van der Waals surface area contributed by atoms with Crippen molar-refractivity contribution < 1.29 is 18.7 Å². The molecule has 1 atom stereocenters. The van der Waals surface area contributed by atoms with E-state index in [2.05, 4.69) is 10.1 Å². The fourth-order valence-electron chi connectivity index (χ4n) is 2.32. The smallest absolute Gasteiger partial charge is 0.409 e. The molecule has 1 saturated heterocycles. The number of rotatable bonds is 2. The van der Waals surface area contributed by atoms with Gasteiger partial charge >= 0.3 is 6.09 Å². The maximum atomic E-state index is 13.8. The van der Waals surface area contributed by atoms with Crippen molar-refractivity contribution in [2.24, 2.45) is 5.92 Å². The number of amides is 2. The lowest BCUT2D eigenvalue weighted by atomic mass is 9.97. The molecule has 1 heterocycles. The number of ether oxygens (including phenoxy) is 1. The van der Waals surface area contributed by atoms with Crippen molar-refractivity contribution in [1.29, 1.82) is 0 Å². The van der Waals surface area contributed by atoms with Crippen molar-refractivity contribution in [3.63, 3.8) is 0 Å². The standard InChI is InChI=1S/C14H16ClFN2O3/c1-21-14(20)18-7-3-4-9(8-18)13(19)17-11-6-2-5-10(15)12(11)16/h2,5-6,9H,3-4,7-8H2,1H3,(H,17,19). The number of nitrogens with zero attached hydrogens (tertiary/aromatic N) is 1. The molecule has 2 rings (SSSR count). The Morgan fingerprint density at radius 2 is 2.24 bits per heavy atom. The van der Waals surface area contributed by atoms with Crippen LogP contribution in [0.5, 0.6) is 0 Å². The highest BCUT2D eigenvalue weighted by atomic mass is 35.5. The number of carbonyl (C=O) groups excluding carboxylic acids is 2. The van der Waals surface area contributed by atoms with Gasteiger partial charge in [-0.1, -0.05) is 17.7 Å². The topological polar surface area (TPSA) is 58.6 Å². The molecular weight excluding hydrogens is 299 g/mol. The minimum atomic E-state index is -0.659. The molecule has 2 amide bonds. The van der Waals surface area contributed by atoms with E-state index in [0.29, 0.717) is 19.4 Å². The molecule has 1 aromatic carbocycles. The van der Waals surface area contributed by atoms with Gasteiger partial charge in [0.2, 0.25) is 5.91 Å². The third-order valence-electron chi connectivity index (χ3n) is 3.43. The number of benzene rings is 1. The van der Waals surface area contributed by atoms with E-state index in [9.17, 15) is 14.0 Å². The normalized spacial score (nSPS) is 18.2. The summed E-state index contributed by atoms with van der Waals surface area (Å²) >= 11 is 5.67. The summed E-state index contributed by atoms with van der Waals surface area (Å²) in [5.74, 6) is -1.38. The van der Waals surface area contributed by atoms with Crippen molar-refractivity contribution in [3.8, 4) is 0 Å². The van der Waals surface area contributed by atoms with Gasteiger partial charge in [0, 0.05) is 13.1 Å². The van der Waals surface area contributed by atoms with Crippen LogP contribution in [-0.4, -0.2) is 37.1 Å². The molecule has 21 heavy (non-hydrogen) atoms. The number of anilines is 1. The molecule has 5 nitrogen and oxygen atoms in total. The number of halogens is 2. The number of nitrogens with one attached hydrogen (secondary N) is 1. The van der Waals surface area contributed by atoms with Gasteiger partial charge in [-0.2, -0.15) is 0 Å². The molecule has 114 valence electrons. The minimum absolute atomic E-state index is 0.0442. The van der Waals surface area contributed by atoms with Crippen LogP contribution < -0.4 is 5.32 Å². The van der Waals surface area contributed by atoms with E-state index in [4.69, 9.17) is 11.6 Å². The van der Waals surface area contributed by atoms with E-state index in [1.807, 2.05) is 0 Å². The van der Waals surface area contributed by atoms with Crippen LogP contribution in [0.3, 0.4) is 0 Å². The Morgan fingerprint density at radius 1 is 1.48 bits per heavy atom. The average Bonchev–Trinajstić information content (AvgIpc) is 2.51. The molecule has 0 aliphatic carbocycles. The predicted octanol–water partition coefficient (Wildman–Crippen LogP) is 2.90. The first kappa shape index (κ1) is 15.6. The molecule has 7 heteroatoms. The predicted molar refractivity (Wildman–Crippen MR) is 76.7 cm³/mol. The van der Waals surface area contributed by atoms with Crippen molar-refractivity contribution in [2.75, 3.05) is 25.5 Å². The van der Waals surface area contributed by atoms with Crippen LogP contribution in [-0.2, 0) is 9.53 Å². The summed E-state index contributed by atoms with van der Waals surface area (Å²) in [7, 11) is 1.30. The summed E-state index contributed by atoms with van der Waals surface area (Å²) in [6, 6.07) is 4.41. The zero-order valence-corrected chi connectivity index (χ0v) is 12.3. The number of hydrogen-bond donors (Lipinski definition) is 1. The largest absolute Gasteiger partial charge is 0.453 e. The zero-order chi connectivity index (χ0) is 15.4. The number of piperidine rings is 1. The monoisotopic (exact) mass is 314 g/mol. The second kappa shape index (κ2) is 6.76. The number of carbonyl (C=O) groups is 2. The van der Waals surface area contributed by atoms with E-state index in [0.717, 1.165) is 0 Å². The van der Waals surface area contributed by atoms with Crippen LogP contribution >= 0.6 is 11.6 Å². The number of likely N-dealkylation sites (tertiary alicyclic amines) is 1. The van der Waals surface area contributed by atoms with Gasteiger partial charge in [0.15, 0.2) is 5.82 Å².